The van der Waals surface area contributed by atoms with Crippen molar-refractivity contribution in [2.75, 3.05) is 13.2 Å². The van der Waals surface area contributed by atoms with Crippen LogP contribution in [0.15, 0.2) is 24.3 Å². The van der Waals surface area contributed by atoms with Crippen molar-refractivity contribution in [3.8, 4) is 5.75 Å². The van der Waals surface area contributed by atoms with Gasteiger partial charge in [0, 0.05) is 24.4 Å². The van der Waals surface area contributed by atoms with E-state index < -0.39 is 0 Å². The Balaban J connectivity index is 1.54. The van der Waals surface area contributed by atoms with Crippen molar-refractivity contribution in [2.24, 2.45) is 0 Å². The van der Waals surface area contributed by atoms with E-state index >= 15 is 0 Å². The molecule has 5 nitrogen and oxygen atoms in total. The van der Waals surface area contributed by atoms with Gasteiger partial charge in [-0.2, -0.15) is 0 Å². The number of carbonyl (C=O) groups is 1. The third-order valence-corrected chi connectivity index (χ3v) is 4.03. The highest BCUT2D eigenvalue weighted by Crippen LogP contribution is 2.35. The minimum Gasteiger partial charge on any atom is -0.508 e. The fourth-order valence-corrected chi connectivity index (χ4v) is 2.87. The van der Waals surface area contributed by atoms with Crippen molar-refractivity contribution in [1.82, 2.24) is 5.32 Å². The fourth-order valence-electron chi connectivity index (χ4n) is 2.87. The third-order valence-electron chi connectivity index (χ3n) is 4.03. The minimum atomic E-state index is -0.389. The van der Waals surface area contributed by atoms with Gasteiger partial charge in [0.25, 0.3) is 5.91 Å². The minimum absolute atomic E-state index is 0.0980. The van der Waals surface area contributed by atoms with E-state index in [9.17, 15) is 9.90 Å². The molecule has 108 valence electrons. The lowest BCUT2D eigenvalue weighted by Crippen LogP contribution is -2.44. The monoisotopic (exact) mass is 277 g/mol. The number of benzene rings is 1. The summed E-state index contributed by atoms with van der Waals surface area (Å²) in [6.07, 6.45) is 3.38. The van der Waals surface area contributed by atoms with Crippen LogP contribution in [0, 0.1) is 0 Å². The summed E-state index contributed by atoms with van der Waals surface area (Å²) in [5.74, 6) is -0.323. The first-order chi connectivity index (χ1) is 9.67. The number of phenolic OH excluding ortho intramolecular Hbond substituents is 1. The predicted molar refractivity (Wildman–Crippen MR) is 72.5 cm³/mol. The van der Waals surface area contributed by atoms with Crippen LogP contribution in [-0.4, -0.2) is 36.1 Å². The van der Waals surface area contributed by atoms with Crippen molar-refractivity contribution >= 4 is 5.91 Å². The van der Waals surface area contributed by atoms with E-state index in [4.69, 9.17) is 9.47 Å². The van der Waals surface area contributed by atoms with Gasteiger partial charge in [0.05, 0.1) is 13.2 Å². The first kappa shape index (κ1) is 13.4. The van der Waals surface area contributed by atoms with Crippen LogP contribution in [0.4, 0.5) is 0 Å². The number of carbonyl (C=O) groups excluding carboxylic acids is 1. The molecule has 2 fully saturated rings. The molecule has 0 radical (unpaired) electrons. The Kier molecular flexibility index (Phi) is 3.63. The largest absolute Gasteiger partial charge is 0.508 e. The Labute approximate surface area is 117 Å². The number of amides is 1. The van der Waals surface area contributed by atoms with Gasteiger partial charge in [-0.3, -0.25) is 4.79 Å². The van der Waals surface area contributed by atoms with E-state index in [-0.39, 0.29) is 23.5 Å². The summed E-state index contributed by atoms with van der Waals surface area (Å²) in [6.45, 7) is 1.34. The molecule has 2 aliphatic rings. The van der Waals surface area contributed by atoms with E-state index in [1.54, 1.807) is 12.1 Å². The third kappa shape index (κ3) is 2.78. The zero-order valence-corrected chi connectivity index (χ0v) is 11.3. The second kappa shape index (κ2) is 5.42. The number of hydrogen-bond acceptors (Lipinski definition) is 4. The number of nitrogens with one attached hydrogen (secondary N) is 1. The SMILES string of the molecule is O=C(NC1CCC2(CC1)OCCO2)c1ccc(O)cc1. The van der Waals surface area contributed by atoms with Crippen LogP contribution in [0.2, 0.25) is 0 Å². The van der Waals surface area contributed by atoms with Crippen LogP contribution in [-0.2, 0) is 9.47 Å². The molecule has 0 atom stereocenters. The Morgan fingerprint density at radius 3 is 2.35 bits per heavy atom. The highest BCUT2D eigenvalue weighted by atomic mass is 16.7. The molecule has 0 bridgehead atoms. The van der Waals surface area contributed by atoms with Crippen LogP contribution in [0.25, 0.3) is 0 Å². The topological polar surface area (TPSA) is 67.8 Å². The summed E-state index contributed by atoms with van der Waals surface area (Å²) in [4.78, 5) is 12.1. The van der Waals surface area contributed by atoms with Crippen LogP contribution in [0.1, 0.15) is 36.0 Å². The summed E-state index contributed by atoms with van der Waals surface area (Å²) >= 11 is 0. The van der Waals surface area contributed by atoms with Gasteiger partial charge in [-0.05, 0) is 37.1 Å². The zero-order chi connectivity index (χ0) is 14.0. The summed E-state index contributed by atoms with van der Waals surface area (Å²) in [5, 5.41) is 12.2. The fraction of sp³-hybridized carbons (Fsp3) is 0.533. The molecule has 1 aliphatic carbocycles. The quantitative estimate of drug-likeness (QED) is 0.865. The van der Waals surface area contributed by atoms with Crippen molar-refractivity contribution in [3.05, 3.63) is 29.8 Å². The molecule has 2 N–H and O–H groups in total. The van der Waals surface area contributed by atoms with Gasteiger partial charge in [0.1, 0.15) is 5.75 Å². The van der Waals surface area contributed by atoms with Crippen molar-refractivity contribution < 1.29 is 19.4 Å². The van der Waals surface area contributed by atoms with Crippen LogP contribution < -0.4 is 5.32 Å². The number of phenols is 1. The normalized spacial score (nSPS) is 22.0. The van der Waals surface area contributed by atoms with Gasteiger partial charge < -0.3 is 19.9 Å². The van der Waals surface area contributed by atoms with Gasteiger partial charge >= 0.3 is 0 Å². The molecule has 1 saturated carbocycles. The summed E-state index contributed by atoms with van der Waals surface area (Å²) in [7, 11) is 0. The Morgan fingerprint density at radius 2 is 1.75 bits per heavy atom. The predicted octanol–water partition coefficient (Wildman–Crippen LogP) is 1.81. The average molecular weight is 277 g/mol. The first-order valence-corrected chi connectivity index (χ1v) is 7.05. The molecule has 1 aromatic carbocycles. The molecule has 1 aliphatic heterocycles. The van der Waals surface area contributed by atoms with Crippen molar-refractivity contribution in [3.63, 3.8) is 0 Å². The van der Waals surface area contributed by atoms with E-state index in [1.165, 1.54) is 12.1 Å². The lowest BCUT2D eigenvalue weighted by atomic mass is 9.90. The number of rotatable bonds is 2. The molecule has 0 aromatic heterocycles. The highest BCUT2D eigenvalue weighted by Gasteiger charge is 2.40. The maximum atomic E-state index is 12.1. The zero-order valence-electron chi connectivity index (χ0n) is 11.3. The number of ether oxygens (including phenoxy) is 2. The highest BCUT2D eigenvalue weighted by molar-refractivity contribution is 5.94. The van der Waals surface area contributed by atoms with Crippen LogP contribution in [0.5, 0.6) is 5.75 Å². The lowest BCUT2D eigenvalue weighted by molar-refractivity contribution is -0.179. The Morgan fingerprint density at radius 1 is 1.15 bits per heavy atom. The summed E-state index contributed by atoms with van der Waals surface area (Å²) in [5.41, 5.74) is 0.566. The number of aromatic hydroxyl groups is 1. The molecule has 5 heteroatoms. The molecule has 1 saturated heterocycles. The van der Waals surface area contributed by atoms with Gasteiger partial charge in [-0.15, -0.1) is 0 Å². The summed E-state index contributed by atoms with van der Waals surface area (Å²) in [6, 6.07) is 6.45. The lowest BCUT2D eigenvalue weighted by Gasteiger charge is -2.35. The summed E-state index contributed by atoms with van der Waals surface area (Å²) < 4.78 is 11.3. The molecule has 20 heavy (non-hydrogen) atoms. The molecule has 1 amide bonds. The van der Waals surface area contributed by atoms with Crippen LogP contribution in [0.3, 0.4) is 0 Å². The first-order valence-electron chi connectivity index (χ1n) is 7.05. The van der Waals surface area contributed by atoms with E-state index in [1.807, 2.05) is 0 Å². The maximum absolute atomic E-state index is 12.1. The second-order valence-electron chi connectivity index (χ2n) is 5.40. The second-order valence-corrected chi connectivity index (χ2v) is 5.40. The van der Waals surface area contributed by atoms with E-state index in [0.29, 0.717) is 18.8 Å². The number of hydrogen-bond donors (Lipinski definition) is 2. The van der Waals surface area contributed by atoms with Gasteiger partial charge in [-0.1, -0.05) is 0 Å². The average Bonchev–Trinajstić information content (AvgIpc) is 2.91. The molecule has 1 aromatic rings. The maximum Gasteiger partial charge on any atom is 0.251 e. The van der Waals surface area contributed by atoms with E-state index in [2.05, 4.69) is 5.32 Å². The molecular formula is C15H19NO4. The molecule has 1 heterocycles. The standard InChI is InChI=1S/C15H19NO4/c17-13-3-1-11(2-4-13)14(18)16-12-5-7-15(8-6-12)19-9-10-20-15/h1-4,12,17H,5-10H2,(H,16,18). The van der Waals surface area contributed by atoms with Crippen molar-refractivity contribution in [1.29, 1.82) is 0 Å². The molecule has 3 rings (SSSR count). The van der Waals surface area contributed by atoms with Crippen molar-refractivity contribution in [2.45, 2.75) is 37.5 Å². The smallest absolute Gasteiger partial charge is 0.251 e. The van der Waals surface area contributed by atoms with Gasteiger partial charge in [0.15, 0.2) is 5.79 Å². The van der Waals surface area contributed by atoms with Gasteiger partial charge in [0.2, 0.25) is 0 Å². The van der Waals surface area contributed by atoms with Gasteiger partial charge in [-0.25, -0.2) is 0 Å². The molecule has 0 unspecified atom stereocenters. The molecule has 1 spiro atoms. The Bertz CT molecular complexity index is 469. The van der Waals surface area contributed by atoms with Crippen LogP contribution >= 0.6 is 0 Å². The molecular weight excluding hydrogens is 258 g/mol. The van der Waals surface area contributed by atoms with E-state index in [0.717, 1.165) is 25.7 Å². The Hall–Kier alpha value is -1.59.